The molecule has 23 heavy (non-hydrogen) atoms. The second kappa shape index (κ2) is 6.08. The first-order valence-corrected chi connectivity index (χ1v) is 7.51. The van der Waals surface area contributed by atoms with Gasteiger partial charge in [0.15, 0.2) is 0 Å². The molecule has 0 saturated carbocycles. The Hall–Kier alpha value is -2.88. The summed E-state index contributed by atoms with van der Waals surface area (Å²) in [6.07, 6.45) is 3.65. The lowest BCUT2D eigenvalue weighted by molar-refractivity contribution is -0.384. The van der Waals surface area contributed by atoms with Crippen molar-refractivity contribution in [3.63, 3.8) is 0 Å². The molecular weight excluding hydrogens is 294 g/mol. The molecule has 118 valence electrons. The van der Waals surface area contributed by atoms with Crippen LogP contribution < -0.4 is 4.90 Å². The van der Waals surface area contributed by atoms with Crippen LogP contribution in [0.5, 0.6) is 0 Å². The van der Waals surface area contributed by atoms with Crippen molar-refractivity contribution in [1.82, 2.24) is 9.78 Å². The highest BCUT2D eigenvalue weighted by Crippen LogP contribution is 2.34. The maximum absolute atomic E-state index is 11.3. The first kappa shape index (κ1) is 15.0. The van der Waals surface area contributed by atoms with Crippen LogP contribution in [0.3, 0.4) is 0 Å². The van der Waals surface area contributed by atoms with Crippen LogP contribution >= 0.6 is 0 Å². The van der Waals surface area contributed by atoms with Gasteiger partial charge in [-0.3, -0.25) is 14.8 Å². The summed E-state index contributed by atoms with van der Waals surface area (Å²) >= 11 is 0. The van der Waals surface area contributed by atoms with Crippen molar-refractivity contribution < 1.29 is 4.92 Å². The van der Waals surface area contributed by atoms with Crippen LogP contribution in [-0.2, 0) is 7.05 Å². The van der Waals surface area contributed by atoms with Crippen LogP contribution in [0.1, 0.15) is 30.0 Å². The third-order valence-electron chi connectivity index (χ3n) is 4.41. The molecule has 0 amide bonds. The second-order valence-corrected chi connectivity index (χ2v) is 5.71. The van der Waals surface area contributed by atoms with Crippen molar-refractivity contribution in [3.05, 3.63) is 51.8 Å². The van der Waals surface area contributed by atoms with E-state index in [-0.39, 0.29) is 5.69 Å². The number of anilines is 1. The van der Waals surface area contributed by atoms with Gasteiger partial charge < -0.3 is 4.90 Å². The average Bonchev–Trinajstić information content (AvgIpc) is 3.00. The number of piperidine rings is 1. The van der Waals surface area contributed by atoms with E-state index in [2.05, 4.69) is 5.10 Å². The number of nitro benzene ring substituents is 1. The molecule has 1 fully saturated rings. The standard InChI is InChI=1S/C16H17N5O2/c1-19-14(4-7-18-19)13-5-8-20(9-6-13)15-3-2-12(11-17)10-16(15)21(22)23/h2-4,7,10,13H,5-6,8-9H2,1H3. The largest absolute Gasteiger partial charge is 0.366 e. The number of hydrogen-bond acceptors (Lipinski definition) is 5. The predicted molar refractivity (Wildman–Crippen MR) is 85.2 cm³/mol. The van der Waals surface area contributed by atoms with Crippen LogP contribution in [0, 0.1) is 21.4 Å². The van der Waals surface area contributed by atoms with Crippen molar-refractivity contribution in [2.24, 2.45) is 7.05 Å². The lowest BCUT2D eigenvalue weighted by Crippen LogP contribution is -2.33. The molecule has 7 nitrogen and oxygen atoms in total. The van der Waals surface area contributed by atoms with E-state index in [0.29, 0.717) is 17.2 Å². The zero-order valence-electron chi connectivity index (χ0n) is 12.8. The van der Waals surface area contributed by atoms with E-state index in [0.717, 1.165) is 25.9 Å². The van der Waals surface area contributed by atoms with Gasteiger partial charge in [-0.25, -0.2) is 0 Å². The fourth-order valence-electron chi connectivity index (χ4n) is 3.21. The lowest BCUT2D eigenvalue weighted by Gasteiger charge is -2.33. The number of nitriles is 1. The zero-order chi connectivity index (χ0) is 16.4. The quantitative estimate of drug-likeness (QED) is 0.642. The summed E-state index contributed by atoms with van der Waals surface area (Å²) in [5, 5.41) is 24.4. The Morgan fingerprint density at radius 3 is 2.65 bits per heavy atom. The van der Waals surface area contributed by atoms with Crippen molar-refractivity contribution in [2.45, 2.75) is 18.8 Å². The van der Waals surface area contributed by atoms with Gasteiger partial charge in [0, 0.05) is 44.0 Å². The summed E-state index contributed by atoms with van der Waals surface area (Å²) in [5.74, 6) is 0.427. The molecule has 0 atom stereocenters. The van der Waals surface area contributed by atoms with Crippen molar-refractivity contribution in [2.75, 3.05) is 18.0 Å². The fraction of sp³-hybridized carbons (Fsp3) is 0.375. The lowest BCUT2D eigenvalue weighted by atomic mass is 9.93. The Labute approximate surface area is 133 Å². The van der Waals surface area contributed by atoms with E-state index in [1.807, 2.05) is 28.8 Å². The third-order valence-corrected chi connectivity index (χ3v) is 4.41. The molecule has 1 saturated heterocycles. The molecule has 7 heteroatoms. The van der Waals surface area contributed by atoms with Crippen LogP contribution in [0.25, 0.3) is 0 Å². The average molecular weight is 311 g/mol. The molecule has 0 radical (unpaired) electrons. The number of nitrogens with zero attached hydrogens (tertiary/aromatic N) is 5. The summed E-state index contributed by atoms with van der Waals surface area (Å²) in [6, 6.07) is 8.65. The molecule has 3 rings (SSSR count). The summed E-state index contributed by atoms with van der Waals surface area (Å²) in [6.45, 7) is 1.51. The Bertz CT molecular complexity index is 769. The highest BCUT2D eigenvalue weighted by Gasteiger charge is 2.26. The second-order valence-electron chi connectivity index (χ2n) is 5.71. The Morgan fingerprint density at radius 2 is 2.09 bits per heavy atom. The molecule has 2 heterocycles. The Balaban J connectivity index is 1.79. The van der Waals surface area contributed by atoms with Gasteiger partial charge in [0.25, 0.3) is 5.69 Å². The zero-order valence-corrected chi connectivity index (χ0v) is 12.8. The van der Waals surface area contributed by atoms with Gasteiger partial charge >= 0.3 is 0 Å². The molecule has 0 unspecified atom stereocenters. The monoisotopic (exact) mass is 311 g/mol. The predicted octanol–water partition coefficient (Wildman–Crippen LogP) is 2.58. The fourth-order valence-corrected chi connectivity index (χ4v) is 3.21. The molecule has 0 bridgehead atoms. The summed E-state index contributed by atoms with van der Waals surface area (Å²) in [5.41, 5.74) is 2.12. The summed E-state index contributed by atoms with van der Waals surface area (Å²) in [4.78, 5) is 12.9. The van der Waals surface area contributed by atoms with Gasteiger partial charge in [-0.2, -0.15) is 10.4 Å². The molecule has 1 aromatic heterocycles. The molecule has 1 aromatic carbocycles. The first-order valence-electron chi connectivity index (χ1n) is 7.51. The van der Waals surface area contributed by atoms with Crippen molar-refractivity contribution in [1.29, 1.82) is 5.26 Å². The van der Waals surface area contributed by atoms with Crippen molar-refractivity contribution in [3.8, 4) is 6.07 Å². The van der Waals surface area contributed by atoms with Gasteiger partial charge in [-0.1, -0.05) is 0 Å². The SMILES string of the molecule is Cn1nccc1C1CCN(c2ccc(C#N)cc2[N+](=O)[O-])CC1. The van der Waals surface area contributed by atoms with Crippen LogP contribution in [0.2, 0.25) is 0 Å². The molecule has 0 spiro atoms. The molecule has 2 aromatic rings. The molecule has 1 aliphatic rings. The van der Waals surface area contributed by atoms with Gasteiger partial charge in [-0.05, 0) is 31.0 Å². The van der Waals surface area contributed by atoms with E-state index in [1.165, 1.54) is 11.8 Å². The van der Waals surface area contributed by atoms with Crippen LogP contribution in [0.4, 0.5) is 11.4 Å². The highest BCUT2D eigenvalue weighted by atomic mass is 16.6. The Morgan fingerprint density at radius 1 is 1.35 bits per heavy atom. The maximum atomic E-state index is 11.3. The van der Waals surface area contributed by atoms with E-state index < -0.39 is 4.92 Å². The number of hydrogen-bond donors (Lipinski definition) is 0. The minimum atomic E-state index is -0.413. The highest BCUT2D eigenvalue weighted by molar-refractivity contribution is 5.65. The Kier molecular flexibility index (Phi) is 3.98. The normalized spacial score (nSPS) is 15.4. The van der Waals surface area contributed by atoms with E-state index >= 15 is 0 Å². The summed E-state index contributed by atoms with van der Waals surface area (Å²) in [7, 11) is 1.94. The van der Waals surface area contributed by atoms with Gasteiger partial charge in [0.2, 0.25) is 0 Å². The van der Waals surface area contributed by atoms with Gasteiger partial charge in [-0.15, -0.1) is 0 Å². The van der Waals surface area contributed by atoms with E-state index in [9.17, 15) is 10.1 Å². The topological polar surface area (TPSA) is 88.0 Å². The minimum absolute atomic E-state index is 0.00281. The smallest absolute Gasteiger partial charge is 0.293 e. The van der Waals surface area contributed by atoms with E-state index in [4.69, 9.17) is 5.26 Å². The minimum Gasteiger partial charge on any atom is -0.366 e. The van der Waals surface area contributed by atoms with Gasteiger partial charge in [0.05, 0.1) is 16.6 Å². The molecule has 0 N–H and O–H groups in total. The maximum Gasteiger partial charge on any atom is 0.293 e. The number of aromatic nitrogens is 2. The van der Waals surface area contributed by atoms with Crippen molar-refractivity contribution >= 4 is 11.4 Å². The number of rotatable bonds is 3. The van der Waals surface area contributed by atoms with Crippen LogP contribution in [0.15, 0.2) is 30.5 Å². The van der Waals surface area contributed by atoms with E-state index in [1.54, 1.807) is 18.3 Å². The van der Waals surface area contributed by atoms with Gasteiger partial charge in [0.1, 0.15) is 5.69 Å². The first-order chi connectivity index (χ1) is 11.1. The number of aryl methyl sites for hydroxylation is 1. The molecule has 0 aliphatic carbocycles. The molecule has 1 aliphatic heterocycles. The number of nitro groups is 1. The van der Waals surface area contributed by atoms with Crippen LogP contribution in [-0.4, -0.2) is 27.8 Å². The third kappa shape index (κ3) is 2.88. The summed E-state index contributed by atoms with van der Waals surface area (Å²) < 4.78 is 1.89. The molecular formula is C16H17N5O2. The number of benzene rings is 1.